The Kier molecular flexibility index (Phi) is 4.31. The van der Waals surface area contributed by atoms with Crippen molar-refractivity contribution in [1.29, 1.82) is 0 Å². The van der Waals surface area contributed by atoms with Crippen molar-refractivity contribution in [2.45, 2.75) is 12.7 Å². The molecule has 2 rings (SSSR count). The molecule has 0 aliphatic heterocycles. The summed E-state index contributed by atoms with van der Waals surface area (Å²) in [7, 11) is 0. The van der Waals surface area contributed by atoms with Crippen LogP contribution >= 0.6 is 11.3 Å². The predicted molar refractivity (Wildman–Crippen MR) is 69.6 cm³/mol. The Morgan fingerprint density at radius 3 is 2.42 bits per heavy atom. The fourth-order valence-corrected chi connectivity index (χ4v) is 2.08. The Balaban J connectivity index is 1.84. The lowest BCUT2D eigenvalue weighted by Crippen LogP contribution is -2.19. The van der Waals surface area contributed by atoms with E-state index in [-0.39, 0.29) is 5.75 Å². The first-order valence-electron chi connectivity index (χ1n) is 5.59. The van der Waals surface area contributed by atoms with E-state index in [1.54, 1.807) is 23.5 Å². The second-order valence-corrected chi connectivity index (χ2v) is 4.89. The molecule has 0 atom stereocenters. The summed E-state index contributed by atoms with van der Waals surface area (Å²) < 4.78 is 40.5. The van der Waals surface area contributed by atoms with E-state index < -0.39 is 12.8 Å². The molecule has 0 bridgehead atoms. The van der Waals surface area contributed by atoms with Gasteiger partial charge in [0.15, 0.2) is 6.61 Å². The molecule has 1 aromatic heterocycles. The number of anilines is 1. The molecular formula is C13H12F3NOS. The summed E-state index contributed by atoms with van der Waals surface area (Å²) in [6.45, 7) is -0.574. The molecule has 0 aliphatic carbocycles. The Bertz CT molecular complexity index is 494. The van der Waals surface area contributed by atoms with Gasteiger partial charge in [0.1, 0.15) is 5.75 Å². The molecule has 102 valence electrons. The van der Waals surface area contributed by atoms with Crippen LogP contribution in [0.4, 0.5) is 18.9 Å². The van der Waals surface area contributed by atoms with E-state index in [1.165, 1.54) is 17.0 Å². The largest absolute Gasteiger partial charge is 0.484 e. The van der Waals surface area contributed by atoms with Crippen LogP contribution in [0.3, 0.4) is 0 Å². The number of benzene rings is 1. The molecule has 19 heavy (non-hydrogen) atoms. The molecule has 0 unspecified atom stereocenters. The van der Waals surface area contributed by atoms with Gasteiger partial charge in [0.05, 0.1) is 0 Å². The lowest BCUT2D eigenvalue weighted by atomic mass is 10.3. The van der Waals surface area contributed by atoms with Crippen LogP contribution in [0.25, 0.3) is 0 Å². The molecule has 0 saturated heterocycles. The maximum atomic E-state index is 12.0. The maximum absolute atomic E-state index is 12.0. The molecule has 1 aromatic carbocycles. The second-order valence-electron chi connectivity index (χ2n) is 3.86. The van der Waals surface area contributed by atoms with Crippen LogP contribution in [0, 0.1) is 0 Å². The highest BCUT2D eigenvalue weighted by atomic mass is 32.1. The van der Waals surface area contributed by atoms with E-state index >= 15 is 0 Å². The number of ether oxygens (including phenoxy) is 1. The number of halogens is 3. The topological polar surface area (TPSA) is 21.3 Å². The minimum atomic E-state index is -4.31. The third-order valence-electron chi connectivity index (χ3n) is 2.30. The number of hydrogen-bond donors (Lipinski definition) is 1. The minimum absolute atomic E-state index is 0.207. The SMILES string of the molecule is FC(F)(F)COc1ccc(NCc2cccs2)cc1. The predicted octanol–water partition coefficient (Wildman–Crippen LogP) is 4.30. The van der Waals surface area contributed by atoms with Gasteiger partial charge in [-0.25, -0.2) is 0 Å². The van der Waals surface area contributed by atoms with Gasteiger partial charge in [0.2, 0.25) is 0 Å². The summed E-state index contributed by atoms with van der Waals surface area (Å²) in [6.07, 6.45) is -4.31. The van der Waals surface area contributed by atoms with E-state index in [9.17, 15) is 13.2 Å². The van der Waals surface area contributed by atoms with Crippen molar-refractivity contribution in [1.82, 2.24) is 0 Å². The van der Waals surface area contributed by atoms with Gasteiger partial charge in [-0.1, -0.05) is 6.07 Å². The van der Waals surface area contributed by atoms with Gasteiger partial charge < -0.3 is 10.1 Å². The van der Waals surface area contributed by atoms with Crippen LogP contribution in [0.5, 0.6) is 5.75 Å². The molecular weight excluding hydrogens is 275 g/mol. The monoisotopic (exact) mass is 287 g/mol. The first kappa shape index (κ1) is 13.7. The average molecular weight is 287 g/mol. The standard InChI is InChI=1S/C13H12F3NOS/c14-13(15,16)9-18-11-5-3-10(4-6-11)17-8-12-2-1-7-19-12/h1-7,17H,8-9H2. The average Bonchev–Trinajstić information content (AvgIpc) is 2.87. The second kappa shape index (κ2) is 5.97. The molecule has 0 amide bonds. The van der Waals surface area contributed by atoms with Crippen molar-refractivity contribution < 1.29 is 17.9 Å². The summed E-state index contributed by atoms with van der Waals surface area (Å²) in [5.74, 6) is 0.207. The summed E-state index contributed by atoms with van der Waals surface area (Å²) in [5.41, 5.74) is 0.841. The first-order valence-corrected chi connectivity index (χ1v) is 6.47. The molecule has 0 aliphatic rings. The first-order chi connectivity index (χ1) is 9.03. The number of rotatable bonds is 5. The van der Waals surface area contributed by atoms with Crippen LogP contribution in [-0.2, 0) is 6.54 Å². The van der Waals surface area contributed by atoms with E-state index in [2.05, 4.69) is 10.1 Å². The summed E-state index contributed by atoms with van der Waals surface area (Å²) in [6, 6.07) is 10.4. The Labute approximate surface area is 112 Å². The van der Waals surface area contributed by atoms with Crippen LogP contribution < -0.4 is 10.1 Å². The van der Waals surface area contributed by atoms with Gasteiger partial charge in [-0.15, -0.1) is 11.3 Å². The minimum Gasteiger partial charge on any atom is -0.484 e. The van der Waals surface area contributed by atoms with Crippen molar-refractivity contribution >= 4 is 17.0 Å². The number of nitrogens with one attached hydrogen (secondary N) is 1. The zero-order chi connectivity index (χ0) is 13.7. The van der Waals surface area contributed by atoms with Crippen molar-refractivity contribution in [2.24, 2.45) is 0 Å². The molecule has 1 N–H and O–H groups in total. The molecule has 2 nitrogen and oxygen atoms in total. The Morgan fingerprint density at radius 1 is 1.11 bits per heavy atom. The molecule has 0 spiro atoms. The van der Waals surface area contributed by atoms with Crippen molar-refractivity contribution in [3.63, 3.8) is 0 Å². The van der Waals surface area contributed by atoms with Gasteiger partial charge in [0.25, 0.3) is 0 Å². The highest BCUT2D eigenvalue weighted by Crippen LogP contribution is 2.20. The van der Waals surface area contributed by atoms with Crippen LogP contribution in [-0.4, -0.2) is 12.8 Å². The number of hydrogen-bond acceptors (Lipinski definition) is 3. The van der Waals surface area contributed by atoms with Gasteiger partial charge in [-0.05, 0) is 35.7 Å². The molecule has 0 radical (unpaired) electrons. The van der Waals surface area contributed by atoms with Gasteiger partial charge >= 0.3 is 6.18 Å². The summed E-state index contributed by atoms with van der Waals surface area (Å²) in [4.78, 5) is 1.19. The third-order valence-corrected chi connectivity index (χ3v) is 3.18. The van der Waals surface area contributed by atoms with Crippen LogP contribution in [0.2, 0.25) is 0 Å². The highest BCUT2D eigenvalue weighted by Gasteiger charge is 2.28. The molecule has 6 heteroatoms. The molecule has 0 saturated carbocycles. The Hall–Kier alpha value is -1.69. The highest BCUT2D eigenvalue weighted by molar-refractivity contribution is 7.09. The van der Waals surface area contributed by atoms with Crippen molar-refractivity contribution in [2.75, 3.05) is 11.9 Å². The number of alkyl halides is 3. The molecule has 2 aromatic rings. The summed E-state index contributed by atoms with van der Waals surface area (Å²) in [5, 5.41) is 5.17. The third kappa shape index (κ3) is 4.82. The fraction of sp³-hybridized carbons (Fsp3) is 0.231. The van der Waals surface area contributed by atoms with Gasteiger partial charge in [0, 0.05) is 17.1 Å². The fourth-order valence-electron chi connectivity index (χ4n) is 1.44. The van der Waals surface area contributed by atoms with Crippen LogP contribution in [0.1, 0.15) is 4.88 Å². The zero-order valence-corrected chi connectivity index (χ0v) is 10.7. The van der Waals surface area contributed by atoms with Crippen LogP contribution in [0.15, 0.2) is 41.8 Å². The van der Waals surface area contributed by atoms with Gasteiger partial charge in [-0.2, -0.15) is 13.2 Å². The quantitative estimate of drug-likeness (QED) is 0.885. The summed E-state index contributed by atoms with van der Waals surface area (Å²) >= 11 is 1.64. The van der Waals surface area contributed by atoms with Crippen molar-refractivity contribution in [3.8, 4) is 5.75 Å². The van der Waals surface area contributed by atoms with E-state index in [0.29, 0.717) is 6.54 Å². The van der Waals surface area contributed by atoms with E-state index in [4.69, 9.17) is 0 Å². The normalized spacial score (nSPS) is 11.3. The smallest absolute Gasteiger partial charge is 0.422 e. The van der Waals surface area contributed by atoms with E-state index in [0.717, 1.165) is 5.69 Å². The molecule has 1 heterocycles. The lowest BCUT2D eigenvalue weighted by Gasteiger charge is -2.10. The number of thiophene rings is 1. The van der Waals surface area contributed by atoms with Gasteiger partial charge in [-0.3, -0.25) is 0 Å². The lowest BCUT2D eigenvalue weighted by molar-refractivity contribution is -0.153. The maximum Gasteiger partial charge on any atom is 0.422 e. The van der Waals surface area contributed by atoms with Crippen molar-refractivity contribution in [3.05, 3.63) is 46.7 Å². The van der Waals surface area contributed by atoms with E-state index in [1.807, 2.05) is 17.5 Å². The Morgan fingerprint density at radius 2 is 1.84 bits per heavy atom. The zero-order valence-electron chi connectivity index (χ0n) is 9.91. The molecule has 0 fully saturated rings.